The van der Waals surface area contributed by atoms with E-state index in [0.717, 1.165) is 0 Å². The molecule has 0 fully saturated rings. The van der Waals surface area contributed by atoms with Crippen LogP contribution in [0.15, 0.2) is 0 Å². The summed E-state index contributed by atoms with van der Waals surface area (Å²) >= 11 is 10.1. The number of halogens is 3. The predicted molar refractivity (Wildman–Crippen MR) is 38.6 cm³/mol. The first-order valence-corrected chi connectivity index (χ1v) is 4.82. The van der Waals surface area contributed by atoms with Crippen LogP contribution in [0.5, 0.6) is 0 Å². The van der Waals surface area contributed by atoms with E-state index in [1.807, 2.05) is 0 Å². The maximum atomic E-state index is 8.95. The van der Waals surface area contributed by atoms with Crippen molar-refractivity contribution in [1.82, 2.24) is 0 Å². The van der Waals surface area contributed by atoms with Gasteiger partial charge in [-0.2, -0.15) is 8.42 Å². The van der Waals surface area contributed by atoms with Crippen LogP contribution in [0.1, 0.15) is 6.92 Å². The van der Waals surface area contributed by atoms with E-state index in [4.69, 9.17) is 36.2 Å². The lowest BCUT2D eigenvalue weighted by Crippen LogP contribution is -1.77. The molecule has 0 saturated carbocycles. The zero-order chi connectivity index (χ0) is 8.08. The van der Waals surface area contributed by atoms with Gasteiger partial charge < -0.3 is 0 Å². The van der Waals surface area contributed by atoms with Gasteiger partial charge in [0.25, 0.3) is 0 Å². The van der Waals surface area contributed by atoms with Crippen molar-refractivity contribution in [2.75, 3.05) is 0 Å². The molecule has 0 bridgehead atoms. The molecule has 0 spiro atoms. The third-order valence-electron chi connectivity index (χ3n) is 0. The normalized spacial score (nSPS) is 10.4. The summed E-state index contributed by atoms with van der Waals surface area (Å²) in [6, 6.07) is 0. The van der Waals surface area contributed by atoms with Gasteiger partial charge in [-0.15, -0.1) is 23.2 Å². The molecule has 0 aromatic carbocycles. The van der Waals surface area contributed by atoms with Gasteiger partial charge in [-0.3, -0.25) is 4.55 Å². The van der Waals surface area contributed by atoms with Crippen LogP contribution in [0.2, 0.25) is 0 Å². The second-order valence-corrected chi connectivity index (χ2v) is 4.46. The van der Waals surface area contributed by atoms with E-state index in [0.29, 0.717) is 0 Å². The van der Waals surface area contributed by atoms with Crippen LogP contribution in [0, 0.1) is 0 Å². The molecule has 1 N–H and O–H groups in total. The molecule has 0 aliphatic rings. The van der Waals surface area contributed by atoms with E-state index >= 15 is 0 Å². The van der Waals surface area contributed by atoms with Gasteiger partial charge in [0.2, 0.25) is 0 Å². The summed E-state index contributed by atoms with van der Waals surface area (Å²) in [4.78, 5) is -0.222. The van der Waals surface area contributed by atoms with E-state index < -0.39 is 9.33 Å². The smallest absolute Gasteiger partial charge is 0.273 e. The monoisotopic (exact) mass is 214 g/mol. The SMILES string of the molecule is CC(Cl)Cl.O=S(=O)(O)Cl. The highest BCUT2D eigenvalue weighted by Gasteiger charge is 1.86. The molecule has 0 saturated heterocycles. The minimum atomic E-state index is -4.19. The third-order valence-corrected chi connectivity index (χ3v) is 0. The molecule has 0 radical (unpaired) electrons. The number of hydrogen-bond donors (Lipinski definition) is 1. The molecule has 0 rings (SSSR count). The summed E-state index contributed by atoms with van der Waals surface area (Å²) in [5.74, 6) is 0. The first kappa shape index (κ1) is 12.5. The van der Waals surface area contributed by atoms with Crippen LogP contribution >= 0.6 is 33.9 Å². The second-order valence-electron chi connectivity index (χ2n) is 0.931. The molecule has 0 aromatic rings. The summed E-state index contributed by atoms with van der Waals surface area (Å²) in [7, 11) is -0.137. The van der Waals surface area contributed by atoms with Crippen LogP contribution < -0.4 is 0 Å². The van der Waals surface area contributed by atoms with Gasteiger partial charge in [-0.25, -0.2) is 0 Å². The highest BCUT2D eigenvalue weighted by Crippen LogP contribution is 1.95. The lowest BCUT2D eigenvalue weighted by molar-refractivity contribution is 0.501. The lowest BCUT2D eigenvalue weighted by atomic mass is 11.0. The van der Waals surface area contributed by atoms with E-state index in [-0.39, 0.29) is 4.84 Å². The molecule has 0 atom stereocenters. The molecular weight excluding hydrogens is 210 g/mol. The number of rotatable bonds is 0. The lowest BCUT2D eigenvalue weighted by Gasteiger charge is -1.72. The van der Waals surface area contributed by atoms with Crippen molar-refractivity contribution in [2.45, 2.75) is 11.8 Å². The average Bonchev–Trinajstić information content (AvgIpc) is 1.19. The predicted octanol–water partition coefficient (Wildman–Crippen LogP) is 1.84. The highest BCUT2D eigenvalue weighted by atomic mass is 35.7. The standard InChI is InChI=1S/C2H4Cl2.ClHO3S/c1-2(3)4;1-5(2,3)4/h2H,1H3;(H,2,3,4). The summed E-state index contributed by atoms with van der Waals surface area (Å²) in [5, 5.41) is 0. The van der Waals surface area contributed by atoms with E-state index in [9.17, 15) is 0 Å². The second kappa shape index (κ2) is 5.56. The van der Waals surface area contributed by atoms with Crippen molar-refractivity contribution in [2.24, 2.45) is 0 Å². The van der Waals surface area contributed by atoms with Crippen molar-refractivity contribution >= 4 is 43.2 Å². The minimum Gasteiger partial charge on any atom is -0.273 e. The van der Waals surface area contributed by atoms with Gasteiger partial charge in [-0.05, 0) is 6.92 Å². The maximum absolute atomic E-state index is 8.95. The average molecular weight is 215 g/mol. The van der Waals surface area contributed by atoms with Crippen LogP contribution in [0.25, 0.3) is 0 Å². The van der Waals surface area contributed by atoms with Gasteiger partial charge in [-0.1, -0.05) is 0 Å². The third kappa shape index (κ3) is 663. The van der Waals surface area contributed by atoms with Crippen LogP contribution in [0.4, 0.5) is 0 Å². The van der Waals surface area contributed by atoms with Crippen LogP contribution in [-0.4, -0.2) is 17.8 Å². The van der Waals surface area contributed by atoms with Gasteiger partial charge in [0.15, 0.2) is 0 Å². The topological polar surface area (TPSA) is 54.4 Å². The van der Waals surface area contributed by atoms with Gasteiger partial charge in [0.05, 0.1) is 0 Å². The fourth-order valence-corrected chi connectivity index (χ4v) is 0. The fraction of sp³-hybridized carbons (Fsp3) is 1.00. The Morgan fingerprint density at radius 2 is 1.44 bits per heavy atom. The van der Waals surface area contributed by atoms with Crippen molar-refractivity contribution in [3.05, 3.63) is 0 Å². The summed E-state index contributed by atoms with van der Waals surface area (Å²) in [6.45, 7) is 1.70. The summed E-state index contributed by atoms with van der Waals surface area (Å²) in [5.41, 5.74) is 0. The zero-order valence-electron chi connectivity index (χ0n) is 4.38. The van der Waals surface area contributed by atoms with Crippen LogP contribution in [0.3, 0.4) is 0 Å². The largest absolute Gasteiger partial charge is 0.353 e. The Morgan fingerprint density at radius 3 is 1.44 bits per heavy atom. The quantitative estimate of drug-likeness (QED) is 0.381. The van der Waals surface area contributed by atoms with Crippen molar-refractivity contribution in [3.8, 4) is 0 Å². The molecule has 0 unspecified atom stereocenters. The Balaban J connectivity index is 0. The molecule has 58 valence electrons. The molecule has 0 aliphatic heterocycles. The molecule has 0 amide bonds. The van der Waals surface area contributed by atoms with Gasteiger partial charge in [0.1, 0.15) is 4.84 Å². The molecule has 7 heteroatoms. The Morgan fingerprint density at radius 1 is 1.44 bits per heavy atom. The van der Waals surface area contributed by atoms with E-state index in [1.54, 1.807) is 6.92 Å². The maximum Gasteiger partial charge on any atom is 0.353 e. The van der Waals surface area contributed by atoms with Crippen molar-refractivity contribution in [1.29, 1.82) is 0 Å². The molecule has 0 aliphatic carbocycles. The fourth-order valence-electron chi connectivity index (χ4n) is 0. The summed E-state index contributed by atoms with van der Waals surface area (Å²) in [6.07, 6.45) is 0. The zero-order valence-corrected chi connectivity index (χ0v) is 7.47. The molecular formula is C2H5Cl3O3S. The van der Waals surface area contributed by atoms with Crippen LogP contribution in [-0.2, 0) is 9.33 Å². The van der Waals surface area contributed by atoms with Crippen molar-refractivity contribution < 1.29 is 13.0 Å². The first-order valence-electron chi connectivity index (χ1n) is 1.68. The Hall–Kier alpha value is 0.780. The minimum absolute atomic E-state index is 0.222. The Bertz CT molecular complexity index is 128. The van der Waals surface area contributed by atoms with Crippen molar-refractivity contribution in [3.63, 3.8) is 0 Å². The first-order chi connectivity index (χ1) is 3.73. The number of hydrogen-bond acceptors (Lipinski definition) is 2. The van der Waals surface area contributed by atoms with Gasteiger partial charge in [0, 0.05) is 10.7 Å². The Kier molecular flexibility index (Phi) is 7.69. The van der Waals surface area contributed by atoms with E-state index in [2.05, 4.69) is 10.7 Å². The molecule has 0 aromatic heterocycles. The number of alkyl halides is 2. The highest BCUT2D eigenvalue weighted by molar-refractivity contribution is 8.09. The molecule has 0 heterocycles. The molecule has 3 nitrogen and oxygen atoms in total. The van der Waals surface area contributed by atoms with Gasteiger partial charge >= 0.3 is 9.33 Å². The molecule has 9 heavy (non-hydrogen) atoms. The van der Waals surface area contributed by atoms with E-state index in [1.165, 1.54) is 0 Å². The Labute approximate surface area is 68.2 Å². The summed E-state index contributed by atoms with van der Waals surface area (Å²) < 4.78 is 25.2.